The summed E-state index contributed by atoms with van der Waals surface area (Å²) in [5.74, 6) is -0.115. The van der Waals surface area contributed by atoms with Crippen LogP contribution in [0.4, 0.5) is 22.7 Å². The van der Waals surface area contributed by atoms with Crippen molar-refractivity contribution in [3.8, 4) is 0 Å². The summed E-state index contributed by atoms with van der Waals surface area (Å²) in [7, 11) is 3.18. The quantitative estimate of drug-likeness (QED) is 0.443. The number of hydrogen-bond donors (Lipinski definition) is 5. The number of benzene rings is 2. The topological polar surface area (TPSA) is 135 Å². The molecule has 0 amide bonds. The van der Waals surface area contributed by atoms with E-state index >= 15 is 0 Å². The lowest BCUT2D eigenvalue weighted by Crippen LogP contribution is -2.22. The van der Waals surface area contributed by atoms with E-state index in [1.54, 1.807) is 50.6 Å². The van der Waals surface area contributed by atoms with E-state index in [-0.39, 0.29) is 5.76 Å². The third-order valence-electron chi connectivity index (χ3n) is 4.60. The van der Waals surface area contributed by atoms with Crippen LogP contribution in [0.1, 0.15) is 11.1 Å². The molecule has 0 heterocycles. The fraction of sp³-hybridized carbons (Fsp3) is 0.227. The minimum Gasteiger partial charge on any atom is -0.506 e. The summed E-state index contributed by atoms with van der Waals surface area (Å²) in [5, 5.41) is 23.8. The number of aliphatic hydroxyl groups is 2. The Labute approximate surface area is 175 Å². The molecule has 2 aromatic carbocycles. The molecule has 1 aliphatic carbocycles. The van der Waals surface area contributed by atoms with E-state index in [1.807, 2.05) is 6.07 Å². The second-order valence-electron chi connectivity index (χ2n) is 6.88. The van der Waals surface area contributed by atoms with Gasteiger partial charge in [0.25, 0.3) is 0 Å². The zero-order chi connectivity index (χ0) is 21.7. The average Bonchev–Trinajstić information content (AvgIpc) is 2.71. The van der Waals surface area contributed by atoms with Crippen LogP contribution in [0.2, 0.25) is 0 Å². The van der Waals surface area contributed by atoms with Crippen LogP contribution in [0, 0.1) is 0 Å². The number of aliphatic imine (C=N–C) groups is 1. The molecule has 7 N–H and O–H groups in total. The van der Waals surface area contributed by atoms with E-state index in [0.29, 0.717) is 41.7 Å². The number of rotatable bonds is 7. The Morgan fingerprint density at radius 3 is 2.30 bits per heavy atom. The predicted molar refractivity (Wildman–Crippen MR) is 119 cm³/mol. The molecule has 0 saturated heterocycles. The number of aliphatic hydroxyl groups excluding tert-OH is 2. The fourth-order valence-corrected chi connectivity index (χ4v) is 3.04. The number of nitrogen functional groups attached to an aromatic ring is 2. The van der Waals surface area contributed by atoms with Crippen molar-refractivity contribution >= 4 is 28.5 Å². The Bertz CT molecular complexity index is 1010. The van der Waals surface area contributed by atoms with Gasteiger partial charge in [0.05, 0.1) is 24.6 Å². The molecule has 0 aromatic heterocycles. The van der Waals surface area contributed by atoms with Crippen LogP contribution in [0.5, 0.6) is 0 Å². The van der Waals surface area contributed by atoms with Gasteiger partial charge < -0.3 is 36.5 Å². The van der Waals surface area contributed by atoms with Gasteiger partial charge in [-0.05, 0) is 48.6 Å². The molecule has 0 bridgehead atoms. The Balaban J connectivity index is 1.90. The first-order valence-electron chi connectivity index (χ1n) is 9.32. The number of anilines is 3. The van der Waals surface area contributed by atoms with Crippen LogP contribution in [0.3, 0.4) is 0 Å². The second-order valence-corrected chi connectivity index (χ2v) is 6.88. The molecule has 8 heteroatoms. The summed E-state index contributed by atoms with van der Waals surface area (Å²) in [6.45, 7) is 0.728. The largest absolute Gasteiger partial charge is 0.506 e. The molecule has 158 valence electrons. The minimum absolute atomic E-state index is 0.115. The number of nitrogens with zero attached hydrogens (tertiary/aromatic N) is 1. The molecule has 0 radical (unpaired) electrons. The number of methoxy groups -OCH3 is 2. The van der Waals surface area contributed by atoms with E-state index in [1.165, 1.54) is 6.08 Å². The van der Waals surface area contributed by atoms with Crippen LogP contribution >= 0.6 is 0 Å². The van der Waals surface area contributed by atoms with E-state index in [4.69, 9.17) is 20.9 Å². The van der Waals surface area contributed by atoms with Crippen molar-refractivity contribution in [1.29, 1.82) is 0 Å². The van der Waals surface area contributed by atoms with E-state index in [0.717, 1.165) is 16.8 Å². The van der Waals surface area contributed by atoms with Gasteiger partial charge in [-0.2, -0.15) is 0 Å². The highest BCUT2D eigenvalue weighted by molar-refractivity contribution is 6.09. The molecule has 1 unspecified atom stereocenters. The Morgan fingerprint density at radius 1 is 1.00 bits per heavy atom. The first-order valence-corrected chi connectivity index (χ1v) is 9.32. The van der Waals surface area contributed by atoms with Crippen molar-refractivity contribution in [3.63, 3.8) is 0 Å². The fourth-order valence-electron chi connectivity index (χ4n) is 3.04. The maximum absolute atomic E-state index is 10.4. The van der Waals surface area contributed by atoms with Gasteiger partial charge in [-0.25, -0.2) is 4.99 Å². The van der Waals surface area contributed by atoms with Crippen molar-refractivity contribution < 1.29 is 19.7 Å². The number of nitrogens with one attached hydrogen (secondary N) is 1. The number of nitrogens with two attached hydrogens (primary N) is 2. The van der Waals surface area contributed by atoms with Gasteiger partial charge >= 0.3 is 0 Å². The van der Waals surface area contributed by atoms with Gasteiger partial charge in [0.15, 0.2) is 0 Å². The summed E-state index contributed by atoms with van der Waals surface area (Å²) in [6, 6.07) is 10.7. The normalized spacial score (nSPS) is 17.6. The molecule has 0 fully saturated rings. The highest BCUT2D eigenvalue weighted by atomic mass is 16.5. The first-order chi connectivity index (χ1) is 14.4. The maximum Gasteiger partial charge on any atom is 0.140 e. The molecule has 0 spiro atoms. The molecule has 0 aliphatic heterocycles. The lowest BCUT2D eigenvalue weighted by atomic mass is 10.0. The molecular weight excluding hydrogens is 384 g/mol. The van der Waals surface area contributed by atoms with Crippen LogP contribution in [0.25, 0.3) is 0 Å². The zero-order valence-corrected chi connectivity index (χ0v) is 16.9. The summed E-state index contributed by atoms with van der Waals surface area (Å²) < 4.78 is 10.3. The van der Waals surface area contributed by atoms with Crippen LogP contribution in [-0.2, 0) is 22.7 Å². The monoisotopic (exact) mass is 410 g/mol. The number of hydrogen-bond acceptors (Lipinski definition) is 8. The number of allylic oxidation sites excluding steroid dienone is 1. The van der Waals surface area contributed by atoms with Gasteiger partial charge in [-0.15, -0.1) is 0 Å². The summed E-state index contributed by atoms with van der Waals surface area (Å²) in [6.07, 6.45) is 1.91. The average molecular weight is 410 g/mol. The van der Waals surface area contributed by atoms with Crippen molar-refractivity contribution in [3.05, 3.63) is 71.1 Å². The minimum atomic E-state index is -1.01. The Kier molecular flexibility index (Phi) is 6.73. The second kappa shape index (κ2) is 9.45. The molecular formula is C22H26N4O4. The first kappa shape index (κ1) is 21.4. The Morgan fingerprint density at radius 2 is 1.63 bits per heavy atom. The van der Waals surface area contributed by atoms with Crippen molar-refractivity contribution in [1.82, 2.24) is 0 Å². The summed E-state index contributed by atoms with van der Waals surface area (Å²) in [4.78, 5) is 4.49. The van der Waals surface area contributed by atoms with E-state index in [2.05, 4.69) is 10.3 Å². The molecule has 30 heavy (non-hydrogen) atoms. The van der Waals surface area contributed by atoms with Gasteiger partial charge in [0, 0.05) is 42.4 Å². The third-order valence-corrected chi connectivity index (χ3v) is 4.60. The molecule has 1 atom stereocenters. The van der Waals surface area contributed by atoms with Gasteiger partial charge in [-0.3, -0.25) is 0 Å². The van der Waals surface area contributed by atoms with E-state index < -0.39 is 6.10 Å². The third kappa shape index (κ3) is 4.98. The number of ether oxygens (including phenoxy) is 2. The van der Waals surface area contributed by atoms with Gasteiger partial charge in [-0.1, -0.05) is 0 Å². The van der Waals surface area contributed by atoms with Gasteiger partial charge in [0.1, 0.15) is 17.6 Å². The lowest BCUT2D eigenvalue weighted by Gasteiger charge is -2.20. The van der Waals surface area contributed by atoms with Crippen molar-refractivity contribution in [2.24, 2.45) is 4.99 Å². The zero-order valence-electron chi connectivity index (χ0n) is 16.9. The SMILES string of the molecule is COCc1cc(N=C2C=C(Nc3ccc(N)c(COC)c3)C(O)C=C2O)ccc1N. The standard InChI is InChI=1S/C22H26N4O4/c1-29-11-13-7-15(3-5-17(13)23)25-19-9-20(22(28)10-21(19)27)26-16-4-6-18(24)14(8-16)12-30-2/h3-10,21,25,27-28H,11-12,23-24H2,1-2H3. The molecule has 0 saturated carbocycles. The van der Waals surface area contributed by atoms with Crippen molar-refractivity contribution in [2.75, 3.05) is 31.0 Å². The summed E-state index contributed by atoms with van der Waals surface area (Å²) >= 11 is 0. The van der Waals surface area contributed by atoms with Crippen LogP contribution in [-0.4, -0.2) is 36.2 Å². The molecule has 8 nitrogen and oxygen atoms in total. The lowest BCUT2D eigenvalue weighted by molar-refractivity contribution is 0.185. The van der Waals surface area contributed by atoms with Gasteiger partial charge in [0.2, 0.25) is 0 Å². The molecule has 3 rings (SSSR count). The smallest absolute Gasteiger partial charge is 0.140 e. The van der Waals surface area contributed by atoms with Crippen LogP contribution < -0.4 is 16.8 Å². The van der Waals surface area contributed by atoms with Crippen LogP contribution in [0.15, 0.2) is 65.0 Å². The van der Waals surface area contributed by atoms with E-state index in [9.17, 15) is 10.2 Å². The maximum atomic E-state index is 10.4. The molecule has 1 aliphatic rings. The Hall–Kier alpha value is -3.33. The highest BCUT2D eigenvalue weighted by Crippen LogP contribution is 2.25. The highest BCUT2D eigenvalue weighted by Gasteiger charge is 2.19. The predicted octanol–water partition coefficient (Wildman–Crippen LogP) is 3.03. The van der Waals surface area contributed by atoms with Crippen molar-refractivity contribution in [2.45, 2.75) is 19.3 Å². The summed E-state index contributed by atoms with van der Waals surface area (Å²) in [5.41, 5.74) is 16.9. The molecule has 2 aromatic rings.